The van der Waals surface area contributed by atoms with Crippen LogP contribution in [0.1, 0.15) is 0 Å². The fourth-order valence-electron chi connectivity index (χ4n) is 8.48. The fourth-order valence-corrected chi connectivity index (χ4v) is 8.48. The van der Waals surface area contributed by atoms with Crippen LogP contribution in [-0.2, 0) is 0 Å². The average molecular weight is 714 g/mol. The van der Waals surface area contributed by atoms with Gasteiger partial charge in [0.25, 0.3) is 0 Å². The SMILES string of the molecule is c1ccc(-c2ccc(N(c3ccc(-c4ccc5ccccc5c4)cc3)c3cccc4c3ccc3oc5cccc(-c6ccc7ccccc7c6)c5c34)cc2)cc1. The van der Waals surface area contributed by atoms with E-state index >= 15 is 0 Å². The minimum atomic E-state index is 0.886. The molecule has 10 aromatic carbocycles. The van der Waals surface area contributed by atoms with E-state index in [0.717, 1.165) is 49.8 Å². The first-order chi connectivity index (χ1) is 27.7. The lowest BCUT2D eigenvalue weighted by molar-refractivity contribution is 0.669. The lowest BCUT2D eigenvalue weighted by Crippen LogP contribution is -2.10. The highest BCUT2D eigenvalue weighted by Gasteiger charge is 2.20. The normalized spacial score (nSPS) is 11.6. The van der Waals surface area contributed by atoms with E-state index in [4.69, 9.17) is 4.42 Å². The number of hydrogen-bond acceptors (Lipinski definition) is 2. The molecule has 1 heterocycles. The van der Waals surface area contributed by atoms with E-state index in [1.807, 2.05) is 0 Å². The summed E-state index contributed by atoms with van der Waals surface area (Å²) in [5.74, 6) is 0. The van der Waals surface area contributed by atoms with Crippen molar-refractivity contribution < 1.29 is 4.42 Å². The molecule has 0 atom stereocenters. The van der Waals surface area contributed by atoms with Gasteiger partial charge in [0.15, 0.2) is 0 Å². The van der Waals surface area contributed by atoms with Gasteiger partial charge < -0.3 is 9.32 Å². The lowest BCUT2D eigenvalue weighted by atomic mass is 9.94. The van der Waals surface area contributed by atoms with Gasteiger partial charge in [0.2, 0.25) is 0 Å². The molecule has 0 bridgehead atoms. The zero-order valence-corrected chi connectivity index (χ0v) is 30.6. The molecule has 0 aliphatic heterocycles. The second kappa shape index (κ2) is 13.2. The molecule has 2 heteroatoms. The summed E-state index contributed by atoms with van der Waals surface area (Å²) in [6.07, 6.45) is 0. The Bertz CT molecular complexity index is 3230. The topological polar surface area (TPSA) is 16.4 Å². The van der Waals surface area contributed by atoms with Gasteiger partial charge in [-0.15, -0.1) is 0 Å². The second-order valence-electron chi connectivity index (χ2n) is 14.5. The van der Waals surface area contributed by atoms with E-state index in [0.29, 0.717) is 0 Å². The Morgan fingerprint density at radius 3 is 1.54 bits per heavy atom. The predicted molar refractivity (Wildman–Crippen MR) is 237 cm³/mol. The first kappa shape index (κ1) is 32.0. The number of benzene rings is 10. The van der Waals surface area contributed by atoms with E-state index in [1.54, 1.807) is 0 Å². The molecular formula is C54H35NO. The van der Waals surface area contributed by atoms with Crippen LogP contribution in [0.3, 0.4) is 0 Å². The zero-order valence-electron chi connectivity index (χ0n) is 30.6. The molecule has 56 heavy (non-hydrogen) atoms. The molecule has 0 saturated carbocycles. The van der Waals surface area contributed by atoms with Crippen molar-refractivity contribution in [2.45, 2.75) is 0 Å². The quantitative estimate of drug-likeness (QED) is 0.171. The van der Waals surface area contributed by atoms with Gasteiger partial charge in [0.1, 0.15) is 11.2 Å². The van der Waals surface area contributed by atoms with Crippen LogP contribution in [0.5, 0.6) is 0 Å². The van der Waals surface area contributed by atoms with Gasteiger partial charge in [-0.2, -0.15) is 0 Å². The number of nitrogens with zero attached hydrogens (tertiary/aromatic N) is 1. The van der Waals surface area contributed by atoms with Crippen molar-refractivity contribution in [2.75, 3.05) is 4.90 Å². The summed E-state index contributed by atoms with van der Waals surface area (Å²) < 4.78 is 6.60. The average Bonchev–Trinajstić information content (AvgIpc) is 3.67. The van der Waals surface area contributed by atoms with Gasteiger partial charge in [-0.3, -0.25) is 0 Å². The molecule has 0 aliphatic carbocycles. The summed E-state index contributed by atoms with van der Waals surface area (Å²) in [7, 11) is 0. The third-order valence-corrected chi connectivity index (χ3v) is 11.2. The highest BCUT2D eigenvalue weighted by molar-refractivity contribution is 6.24. The number of fused-ring (bicyclic) bond motifs is 7. The third kappa shape index (κ3) is 5.42. The summed E-state index contributed by atoms with van der Waals surface area (Å²) in [4.78, 5) is 2.39. The molecule has 0 N–H and O–H groups in total. The van der Waals surface area contributed by atoms with Gasteiger partial charge in [-0.1, -0.05) is 152 Å². The van der Waals surface area contributed by atoms with Crippen molar-refractivity contribution in [1.29, 1.82) is 0 Å². The molecule has 262 valence electrons. The molecule has 11 aromatic rings. The molecule has 0 unspecified atom stereocenters. The summed E-state index contributed by atoms with van der Waals surface area (Å²) in [5.41, 5.74) is 12.2. The highest BCUT2D eigenvalue weighted by atomic mass is 16.3. The van der Waals surface area contributed by atoms with E-state index in [2.05, 4.69) is 217 Å². The Morgan fingerprint density at radius 2 is 0.839 bits per heavy atom. The Hall–Kier alpha value is -7.42. The number of hydrogen-bond donors (Lipinski definition) is 0. The Balaban J connectivity index is 1.09. The molecular weight excluding hydrogens is 679 g/mol. The molecule has 2 nitrogen and oxygen atoms in total. The van der Waals surface area contributed by atoms with Crippen molar-refractivity contribution in [1.82, 2.24) is 0 Å². The van der Waals surface area contributed by atoms with Gasteiger partial charge in [0.05, 0.1) is 5.69 Å². The van der Waals surface area contributed by atoms with Crippen molar-refractivity contribution in [3.63, 3.8) is 0 Å². The van der Waals surface area contributed by atoms with Crippen LogP contribution in [0.15, 0.2) is 217 Å². The van der Waals surface area contributed by atoms with E-state index in [1.165, 1.54) is 54.9 Å². The van der Waals surface area contributed by atoms with Crippen molar-refractivity contribution >= 4 is 71.3 Å². The first-order valence-corrected chi connectivity index (χ1v) is 19.2. The van der Waals surface area contributed by atoms with Gasteiger partial charge >= 0.3 is 0 Å². The molecule has 1 aromatic heterocycles. The van der Waals surface area contributed by atoms with Crippen LogP contribution in [0, 0.1) is 0 Å². The maximum atomic E-state index is 6.60. The van der Waals surface area contributed by atoms with E-state index in [9.17, 15) is 0 Å². The standard InChI is InChI=1S/C54H35NO/c1-2-10-36(11-3-1)39-24-28-45(29-25-39)55(46-30-26-40(27-31-46)43-22-20-37-12-4-6-14-41(37)34-43)50-18-8-17-49-48(50)32-33-52-54(49)53-47(16-9-19-51(53)56-52)44-23-21-38-13-5-7-15-42(38)35-44/h1-35H. The molecule has 0 amide bonds. The first-order valence-electron chi connectivity index (χ1n) is 19.2. The molecule has 0 radical (unpaired) electrons. The number of anilines is 3. The Labute approximate surface area is 325 Å². The minimum Gasteiger partial charge on any atom is -0.456 e. The Morgan fingerprint density at radius 1 is 0.304 bits per heavy atom. The van der Waals surface area contributed by atoms with Crippen molar-refractivity contribution in [3.05, 3.63) is 212 Å². The largest absolute Gasteiger partial charge is 0.456 e. The third-order valence-electron chi connectivity index (χ3n) is 11.2. The van der Waals surface area contributed by atoms with Crippen LogP contribution in [0.4, 0.5) is 17.1 Å². The Kier molecular flexibility index (Phi) is 7.53. The second-order valence-corrected chi connectivity index (χ2v) is 14.5. The lowest BCUT2D eigenvalue weighted by Gasteiger charge is -2.27. The summed E-state index contributed by atoms with van der Waals surface area (Å²) in [5, 5.41) is 9.53. The van der Waals surface area contributed by atoms with Crippen LogP contribution in [0.2, 0.25) is 0 Å². The minimum absolute atomic E-state index is 0.886. The molecule has 0 aliphatic rings. The van der Waals surface area contributed by atoms with Crippen LogP contribution in [-0.4, -0.2) is 0 Å². The number of rotatable bonds is 6. The smallest absolute Gasteiger partial charge is 0.136 e. The maximum absolute atomic E-state index is 6.60. The van der Waals surface area contributed by atoms with E-state index in [-0.39, 0.29) is 0 Å². The summed E-state index contributed by atoms with van der Waals surface area (Å²) in [6, 6.07) is 76.5. The molecule has 0 fully saturated rings. The highest BCUT2D eigenvalue weighted by Crippen LogP contribution is 2.45. The van der Waals surface area contributed by atoms with E-state index < -0.39 is 0 Å². The van der Waals surface area contributed by atoms with Crippen molar-refractivity contribution in [3.8, 4) is 33.4 Å². The summed E-state index contributed by atoms with van der Waals surface area (Å²) in [6.45, 7) is 0. The maximum Gasteiger partial charge on any atom is 0.136 e. The monoisotopic (exact) mass is 713 g/mol. The molecule has 11 rings (SSSR count). The van der Waals surface area contributed by atoms with Crippen LogP contribution in [0.25, 0.3) is 87.6 Å². The fraction of sp³-hybridized carbons (Fsp3) is 0. The number of furan rings is 1. The van der Waals surface area contributed by atoms with Crippen LogP contribution < -0.4 is 4.90 Å². The molecule has 0 saturated heterocycles. The zero-order chi connectivity index (χ0) is 37.0. The predicted octanol–water partition coefficient (Wildman–Crippen LogP) is 15.5. The van der Waals surface area contributed by atoms with Gasteiger partial charge in [0, 0.05) is 27.5 Å². The van der Waals surface area contributed by atoms with Crippen molar-refractivity contribution in [2.24, 2.45) is 0 Å². The van der Waals surface area contributed by atoms with Crippen LogP contribution >= 0.6 is 0 Å². The molecule has 0 spiro atoms. The summed E-state index contributed by atoms with van der Waals surface area (Å²) >= 11 is 0. The van der Waals surface area contributed by atoms with Gasteiger partial charge in [-0.25, -0.2) is 0 Å². The van der Waals surface area contributed by atoms with Gasteiger partial charge in [-0.05, 0) is 121 Å².